The first-order chi connectivity index (χ1) is 11.5. The van der Waals surface area contributed by atoms with Crippen molar-refractivity contribution in [1.29, 1.82) is 0 Å². The number of piperidine rings is 1. The lowest BCUT2D eigenvalue weighted by molar-refractivity contribution is -0.146. The number of amides is 2. The highest BCUT2D eigenvalue weighted by atomic mass is 19.1. The fourth-order valence-electron chi connectivity index (χ4n) is 3.83. The van der Waals surface area contributed by atoms with Crippen molar-refractivity contribution >= 4 is 11.8 Å². The predicted octanol–water partition coefficient (Wildman–Crippen LogP) is 2.74. The molecule has 0 aliphatic carbocycles. The Morgan fingerprint density at radius 3 is 2.71 bits per heavy atom. The molecule has 0 saturated carbocycles. The first-order valence-corrected chi connectivity index (χ1v) is 8.46. The summed E-state index contributed by atoms with van der Waals surface area (Å²) in [5, 5.41) is 0. The molecule has 1 aromatic carbocycles. The first-order valence-electron chi connectivity index (χ1n) is 8.46. The molecule has 24 heavy (non-hydrogen) atoms. The maximum atomic E-state index is 13.0. The Labute approximate surface area is 141 Å². The van der Waals surface area contributed by atoms with Crippen LogP contribution in [0.25, 0.3) is 0 Å². The van der Waals surface area contributed by atoms with Crippen LogP contribution >= 0.6 is 0 Å². The second-order valence-corrected chi connectivity index (χ2v) is 6.80. The van der Waals surface area contributed by atoms with Gasteiger partial charge in [0.05, 0.1) is 5.41 Å². The smallest absolute Gasteiger partial charge is 0.230 e. The summed E-state index contributed by atoms with van der Waals surface area (Å²) < 4.78 is 13.0. The summed E-state index contributed by atoms with van der Waals surface area (Å²) in [6.07, 6.45) is 4.44. The van der Waals surface area contributed by atoms with Crippen molar-refractivity contribution < 1.29 is 14.0 Å². The predicted molar refractivity (Wildman–Crippen MR) is 89.5 cm³/mol. The molecule has 0 radical (unpaired) electrons. The maximum absolute atomic E-state index is 13.0. The molecule has 0 N–H and O–H groups in total. The highest BCUT2D eigenvalue weighted by Gasteiger charge is 2.49. The van der Waals surface area contributed by atoms with Gasteiger partial charge in [-0.3, -0.25) is 9.59 Å². The number of halogens is 1. The summed E-state index contributed by atoms with van der Waals surface area (Å²) >= 11 is 0. The Kier molecular flexibility index (Phi) is 4.69. The molecule has 0 aromatic heterocycles. The third kappa shape index (κ3) is 3.21. The molecule has 5 heteroatoms. The molecule has 2 heterocycles. The molecule has 3 rings (SSSR count). The van der Waals surface area contributed by atoms with E-state index < -0.39 is 5.41 Å². The lowest BCUT2D eigenvalue weighted by Crippen LogP contribution is -2.50. The van der Waals surface area contributed by atoms with E-state index in [9.17, 15) is 14.0 Å². The van der Waals surface area contributed by atoms with E-state index in [4.69, 9.17) is 0 Å². The van der Waals surface area contributed by atoms with Gasteiger partial charge in [0.2, 0.25) is 11.8 Å². The van der Waals surface area contributed by atoms with Crippen LogP contribution in [-0.2, 0) is 16.1 Å². The van der Waals surface area contributed by atoms with Crippen molar-refractivity contribution in [1.82, 2.24) is 9.80 Å². The largest absolute Gasteiger partial charge is 0.341 e. The summed E-state index contributed by atoms with van der Waals surface area (Å²) in [5.41, 5.74) is 0.495. The zero-order valence-corrected chi connectivity index (χ0v) is 13.8. The minimum Gasteiger partial charge on any atom is -0.341 e. The molecule has 0 unspecified atom stereocenters. The van der Waals surface area contributed by atoms with Gasteiger partial charge in [-0.05, 0) is 37.0 Å². The van der Waals surface area contributed by atoms with Crippen LogP contribution in [0.4, 0.5) is 4.39 Å². The molecule has 1 spiro atoms. The number of carbonyl (C=O) groups is 2. The molecule has 2 aliphatic heterocycles. The first kappa shape index (κ1) is 16.7. The molecule has 4 nitrogen and oxygen atoms in total. The maximum Gasteiger partial charge on any atom is 0.230 e. The van der Waals surface area contributed by atoms with Gasteiger partial charge < -0.3 is 9.80 Å². The Hall–Kier alpha value is -2.17. The van der Waals surface area contributed by atoms with E-state index in [0.29, 0.717) is 26.1 Å². The van der Waals surface area contributed by atoms with Crippen molar-refractivity contribution in [3.05, 3.63) is 48.3 Å². The molecular weight excluding hydrogens is 307 g/mol. The van der Waals surface area contributed by atoms with Gasteiger partial charge in [-0.15, -0.1) is 6.58 Å². The normalized spacial score (nSPS) is 23.8. The molecule has 0 bridgehead atoms. The fraction of sp³-hybridized carbons (Fsp3) is 0.474. The lowest BCUT2D eigenvalue weighted by Gasteiger charge is -2.39. The summed E-state index contributed by atoms with van der Waals surface area (Å²) in [6.45, 7) is 5.98. The van der Waals surface area contributed by atoms with E-state index in [1.54, 1.807) is 23.1 Å². The van der Waals surface area contributed by atoms with Crippen molar-refractivity contribution in [2.24, 2.45) is 5.41 Å². The standard InChI is InChI=1S/C19H23FN2O2/c1-2-4-17(23)22-12-10-19(14-22)9-3-11-21(18(19)24)13-15-5-7-16(20)8-6-15/h2,5-8H,1,3-4,9-14H2/t19-/m0/s1. The second-order valence-electron chi connectivity index (χ2n) is 6.80. The highest BCUT2D eigenvalue weighted by Crippen LogP contribution is 2.40. The van der Waals surface area contributed by atoms with E-state index in [1.165, 1.54) is 12.1 Å². The highest BCUT2D eigenvalue weighted by molar-refractivity contribution is 5.86. The van der Waals surface area contributed by atoms with Crippen LogP contribution < -0.4 is 0 Å². The SMILES string of the molecule is C=CCC(=O)N1CC[C@@]2(CCCN(Cc3ccc(F)cc3)C2=O)C1. The van der Waals surface area contributed by atoms with Gasteiger partial charge in [0, 0.05) is 32.6 Å². The van der Waals surface area contributed by atoms with Crippen molar-refractivity contribution in [3.8, 4) is 0 Å². The minimum absolute atomic E-state index is 0.0466. The van der Waals surface area contributed by atoms with Crippen LogP contribution in [0.2, 0.25) is 0 Å². The average molecular weight is 330 g/mol. The van der Waals surface area contributed by atoms with Crippen molar-refractivity contribution in [2.75, 3.05) is 19.6 Å². The van der Waals surface area contributed by atoms with Gasteiger partial charge >= 0.3 is 0 Å². The van der Waals surface area contributed by atoms with Crippen LogP contribution in [0.15, 0.2) is 36.9 Å². The van der Waals surface area contributed by atoms with E-state index in [2.05, 4.69) is 6.58 Å². The molecular formula is C19H23FN2O2. The number of hydrogen-bond donors (Lipinski definition) is 0. The topological polar surface area (TPSA) is 40.6 Å². The average Bonchev–Trinajstić information content (AvgIpc) is 3.00. The van der Waals surface area contributed by atoms with Crippen molar-refractivity contribution in [2.45, 2.75) is 32.2 Å². The number of hydrogen-bond acceptors (Lipinski definition) is 2. The third-order valence-corrected chi connectivity index (χ3v) is 5.14. The Morgan fingerprint density at radius 2 is 2.00 bits per heavy atom. The summed E-state index contributed by atoms with van der Waals surface area (Å²) in [7, 11) is 0. The Morgan fingerprint density at radius 1 is 1.25 bits per heavy atom. The van der Waals surface area contributed by atoms with Crippen LogP contribution in [0, 0.1) is 11.2 Å². The van der Waals surface area contributed by atoms with Crippen LogP contribution in [-0.4, -0.2) is 41.2 Å². The molecule has 2 saturated heterocycles. The zero-order valence-electron chi connectivity index (χ0n) is 13.8. The number of rotatable bonds is 4. The number of likely N-dealkylation sites (tertiary alicyclic amines) is 2. The molecule has 1 atom stereocenters. The van der Waals surface area contributed by atoms with Gasteiger partial charge in [0.15, 0.2) is 0 Å². The van der Waals surface area contributed by atoms with Crippen LogP contribution in [0.1, 0.15) is 31.2 Å². The van der Waals surface area contributed by atoms with Gasteiger partial charge in [-0.2, -0.15) is 0 Å². The Bertz CT molecular complexity index is 643. The molecule has 2 fully saturated rings. The number of benzene rings is 1. The third-order valence-electron chi connectivity index (χ3n) is 5.14. The van der Waals surface area contributed by atoms with Gasteiger partial charge in [0.1, 0.15) is 5.82 Å². The zero-order chi connectivity index (χ0) is 17.2. The number of nitrogens with zero attached hydrogens (tertiary/aromatic N) is 2. The second kappa shape index (κ2) is 6.75. The number of carbonyl (C=O) groups excluding carboxylic acids is 2. The van der Waals surface area contributed by atoms with Crippen LogP contribution in [0.5, 0.6) is 0 Å². The Balaban J connectivity index is 1.70. The molecule has 128 valence electrons. The fourth-order valence-corrected chi connectivity index (χ4v) is 3.83. The van der Waals surface area contributed by atoms with Gasteiger partial charge in [0.25, 0.3) is 0 Å². The molecule has 1 aromatic rings. The quantitative estimate of drug-likeness (QED) is 0.797. The molecule has 2 aliphatic rings. The van der Waals surface area contributed by atoms with E-state index in [0.717, 1.165) is 31.4 Å². The lowest BCUT2D eigenvalue weighted by atomic mass is 9.78. The van der Waals surface area contributed by atoms with E-state index >= 15 is 0 Å². The van der Waals surface area contributed by atoms with E-state index in [-0.39, 0.29) is 17.6 Å². The van der Waals surface area contributed by atoms with Crippen molar-refractivity contribution in [3.63, 3.8) is 0 Å². The van der Waals surface area contributed by atoms with Gasteiger partial charge in [-0.1, -0.05) is 18.2 Å². The van der Waals surface area contributed by atoms with Crippen LogP contribution in [0.3, 0.4) is 0 Å². The van der Waals surface area contributed by atoms with Gasteiger partial charge in [-0.25, -0.2) is 4.39 Å². The molecule has 2 amide bonds. The minimum atomic E-state index is -0.435. The van der Waals surface area contributed by atoms with E-state index in [1.807, 2.05) is 4.90 Å². The summed E-state index contributed by atoms with van der Waals surface area (Å²) in [6, 6.07) is 6.28. The summed E-state index contributed by atoms with van der Waals surface area (Å²) in [5.74, 6) is -0.0929. The monoisotopic (exact) mass is 330 g/mol. The summed E-state index contributed by atoms with van der Waals surface area (Å²) in [4.78, 5) is 28.8.